The van der Waals surface area contributed by atoms with E-state index < -0.39 is 0 Å². The van der Waals surface area contributed by atoms with Gasteiger partial charge in [-0.25, -0.2) is 9.97 Å². The maximum Gasteiger partial charge on any atom is 0.161 e. The van der Waals surface area contributed by atoms with Crippen molar-refractivity contribution >= 4 is 5.82 Å². The maximum atomic E-state index is 5.19. The Morgan fingerprint density at radius 1 is 1.14 bits per heavy atom. The van der Waals surface area contributed by atoms with Gasteiger partial charge in [-0.3, -0.25) is 0 Å². The molecule has 0 amide bonds. The van der Waals surface area contributed by atoms with Crippen LogP contribution in [0, 0.1) is 6.92 Å². The van der Waals surface area contributed by atoms with E-state index in [2.05, 4.69) is 31.1 Å². The van der Waals surface area contributed by atoms with Crippen LogP contribution in [0.2, 0.25) is 0 Å². The van der Waals surface area contributed by atoms with Gasteiger partial charge in [0.1, 0.15) is 11.6 Å². The molecule has 0 atom stereocenters. The third kappa shape index (κ3) is 3.32. The van der Waals surface area contributed by atoms with E-state index in [1.807, 2.05) is 31.2 Å². The van der Waals surface area contributed by atoms with Crippen LogP contribution >= 0.6 is 0 Å². The number of hydrogen-bond acceptors (Lipinski definition) is 4. The number of methoxy groups -OCH3 is 1. The molecule has 0 unspecified atom stereocenters. The van der Waals surface area contributed by atoms with Crippen LogP contribution < -0.4 is 10.1 Å². The second kappa shape index (κ2) is 6.57. The lowest BCUT2D eigenvalue weighted by Crippen LogP contribution is -2.09. The van der Waals surface area contributed by atoms with Crippen LogP contribution in [-0.4, -0.2) is 23.6 Å². The fraction of sp³-hybridized carbons (Fsp3) is 0.412. The highest BCUT2D eigenvalue weighted by molar-refractivity contribution is 5.61. The van der Waals surface area contributed by atoms with E-state index in [-0.39, 0.29) is 0 Å². The zero-order valence-corrected chi connectivity index (χ0v) is 13.4. The second-order valence-corrected chi connectivity index (χ2v) is 5.31. The molecule has 112 valence electrons. The molecule has 0 aliphatic heterocycles. The number of benzene rings is 1. The van der Waals surface area contributed by atoms with Gasteiger partial charge in [0, 0.05) is 23.4 Å². The molecule has 2 aromatic rings. The smallest absolute Gasteiger partial charge is 0.161 e. The Balaban J connectivity index is 2.49. The summed E-state index contributed by atoms with van der Waals surface area (Å²) in [6, 6.07) is 7.82. The van der Waals surface area contributed by atoms with Crippen LogP contribution in [0.25, 0.3) is 11.4 Å². The lowest BCUT2D eigenvalue weighted by Gasteiger charge is -2.16. The van der Waals surface area contributed by atoms with Gasteiger partial charge in [-0.2, -0.15) is 0 Å². The minimum Gasteiger partial charge on any atom is -0.497 e. The summed E-state index contributed by atoms with van der Waals surface area (Å²) in [5.74, 6) is 2.91. The van der Waals surface area contributed by atoms with Gasteiger partial charge in [0.15, 0.2) is 5.82 Å². The number of nitrogens with zero attached hydrogens (tertiary/aromatic N) is 2. The van der Waals surface area contributed by atoms with E-state index in [9.17, 15) is 0 Å². The Bertz CT molecular complexity index is 606. The molecule has 1 N–H and O–H groups in total. The fourth-order valence-corrected chi connectivity index (χ4v) is 2.44. The first-order valence-electron chi connectivity index (χ1n) is 7.33. The Morgan fingerprint density at radius 3 is 2.33 bits per heavy atom. The number of rotatable bonds is 5. The van der Waals surface area contributed by atoms with Crippen LogP contribution in [-0.2, 0) is 0 Å². The first-order chi connectivity index (χ1) is 10.1. The van der Waals surface area contributed by atoms with Crippen molar-refractivity contribution in [3.8, 4) is 17.1 Å². The van der Waals surface area contributed by atoms with Gasteiger partial charge in [-0.15, -0.1) is 0 Å². The highest BCUT2D eigenvalue weighted by Gasteiger charge is 2.15. The van der Waals surface area contributed by atoms with Crippen LogP contribution in [0.15, 0.2) is 24.3 Å². The molecule has 0 spiro atoms. The Labute approximate surface area is 126 Å². The summed E-state index contributed by atoms with van der Waals surface area (Å²) in [6.45, 7) is 9.30. The summed E-state index contributed by atoms with van der Waals surface area (Å²) < 4.78 is 5.19. The summed E-state index contributed by atoms with van der Waals surface area (Å²) in [5, 5.41) is 3.36. The van der Waals surface area contributed by atoms with E-state index in [1.54, 1.807) is 7.11 Å². The van der Waals surface area contributed by atoms with Crippen LogP contribution in [0.3, 0.4) is 0 Å². The molecular formula is C17H23N3O. The standard InChI is InChI=1S/C17H23N3O/c1-6-18-17-15(11(2)3)12(4)19-16(20-17)13-7-9-14(21-5)10-8-13/h7-11H,6H2,1-5H3,(H,18,19,20). The first kappa shape index (κ1) is 15.3. The van der Waals surface area contributed by atoms with Gasteiger partial charge in [0.2, 0.25) is 0 Å². The van der Waals surface area contributed by atoms with E-state index in [4.69, 9.17) is 9.72 Å². The summed E-state index contributed by atoms with van der Waals surface area (Å²) in [4.78, 5) is 9.38. The molecule has 0 aliphatic carbocycles. The summed E-state index contributed by atoms with van der Waals surface area (Å²) in [7, 11) is 1.66. The Hall–Kier alpha value is -2.10. The molecule has 2 rings (SSSR count). The van der Waals surface area contributed by atoms with Crippen molar-refractivity contribution in [1.82, 2.24) is 9.97 Å². The molecule has 0 bridgehead atoms. The fourth-order valence-electron chi connectivity index (χ4n) is 2.44. The Kier molecular flexibility index (Phi) is 4.78. The monoisotopic (exact) mass is 285 g/mol. The van der Waals surface area contributed by atoms with Crippen molar-refractivity contribution in [2.24, 2.45) is 0 Å². The molecule has 1 aromatic carbocycles. The van der Waals surface area contributed by atoms with Gasteiger partial charge in [-0.05, 0) is 44.0 Å². The van der Waals surface area contributed by atoms with Gasteiger partial charge in [-0.1, -0.05) is 13.8 Å². The number of aryl methyl sites for hydroxylation is 1. The van der Waals surface area contributed by atoms with Crippen molar-refractivity contribution < 1.29 is 4.74 Å². The molecule has 0 radical (unpaired) electrons. The molecule has 0 saturated carbocycles. The van der Waals surface area contributed by atoms with Crippen molar-refractivity contribution in [3.05, 3.63) is 35.5 Å². The molecular weight excluding hydrogens is 262 g/mol. The minimum absolute atomic E-state index is 0.393. The molecule has 0 saturated heterocycles. The molecule has 4 nitrogen and oxygen atoms in total. The van der Waals surface area contributed by atoms with Crippen LogP contribution in [0.5, 0.6) is 5.75 Å². The zero-order chi connectivity index (χ0) is 15.4. The lowest BCUT2D eigenvalue weighted by molar-refractivity contribution is 0.415. The highest BCUT2D eigenvalue weighted by atomic mass is 16.5. The minimum atomic E-state index is 0.393. The highest BCUT2D eigenvalue weighted by Crippen LogP contribution is 2.28. The lowest BCUT2D eigenvalue weighted by atomic mass is 10.0. The van der Waals surface area contributed by atoms with E-state index >= 15 is 0 Å². The second-order valence-electron chi connectivity index (χ2n) is 5.31. The number of nitrogens with one attached hydrogen (secondary N) is 1. The number of hydrogen-bond donors (Lipinski definition) is 1. The zero-order valence-electron chi connectivity index (χ0n) is 13.4. The first-order valence-corrected chi connectivity index (χ1v) is 7.33. The summed E-state index contributed by atoms with van der Waals surface area (Å²) in [6.07, 6.45) is 0. The summed E-state index contributed by atoms with van der Waals surface area (Å²) >= 11 is 0. The Morgan fingerprint density at radius 2 is 1.81 bits per heavy atom. The third-order valence-corrected chi connectivity index (χ3v) is 3.41. The topological polar surface area (TPSA) is 47.0 Å². The molecule has 1 aromatic heterocycles. The SMILES string of the molecule is CCNc1nc(-c2ccc(OC)cc2)nc(C)c1C(C)C. The van der Waals surface area contributed by atoms with Crippen LogP contribution in [0.4, 0.5) is 5.82 Å². The number of ether oxygens (including phenoxy) is 1. The quantitative estimate of drug-likeness (QED) is 0.901. The molecule has 0 fully saturated rings. The third-order valence-electron chi connectivity index (χ3n) is 3.41. The van der Waals surface area contributed by atoms with Crippen molar-refractivity contribution in [2.45, 2.75) is 33.6 Å². The van der Waals surface area contributed by atoms with Gasteiger partial charge < -0.3 is 10.1 Å². The maximum absolute atomic E-state index is 5.19. The number of aromatic nitrogens is 2. The predicted molar refractivity (Wildman–Crippen MR) is 87.0 cm³/mol. The average molecular weight is 285 g/mol. The average Bonchev–Trinajstić information content (AvgIpc) is 2.46. The van der Waals surface area contributed by atoms with E-state index in [1.165, 1.54) is 5.56 Å². The van der Waals surface area contributed by atoms with Crippen LogP contribution in [0.1, 0.15) is 37.9 Å². The van der Waals surface area contributed by atoms with E-state index in [0.717, 1.165) is 35.2 Å². The van der Waals surface area contributed by atoms with Crippen molar-refractivity contribution in [1.29, 1.82) is 0 Å². The molecule has 21 heavy (non-hydrogen) atoms. The molecule has 4 heteroatoms. The largest absolute Gasteiger partial charge is 0.497 e. The van der Waals surface area contributed by atoms with Crippen molar-refractivity contribution in [2.75, 3.05) is 19.0 Å². The van der Waals surface area contributed by atoms with E-state index in [0.29, 0.717) is 5.92 Å². The van der Waals surface area contributed by atoms with Gasteiger partial charge in [0.25, 0.3) is 0 Å². The predicted octanol–water partition coefficient (Wildman–Crippen LogP) is 4.02. The van der Waals surface area contributed by atoms with Crippen molar-refractivity contribution in [3.63, 3.8) is 0 Å². The molecule has 0 aliphatic rings. The van der Waals surface area contributed by atoms with Gasteiger partial charge >= 0.3 is 0 Å². The molecule has 1 heterocycles. The summed E-state index contributed by atoms with van der Waals surface area (Å²) in [5.41, 5.74) is 3.21. The van der Waals surface area contributed by atoms with Gasteiger partial charge in [0.05, 0.1) is 7.11 Å². The number of anilines is 1. The normalized spacial score (nSPS) is 10.8.